The Balaban J connectivity index is 1.56. The number of para-hydroxylation sites is 1. The molecule has 0 saturated heterocycles. The first-order chi connectivity index (χ1) is 11.3. The van der Waals surface area contributed by atoms with Crippen molar-refractivity contribution in [3.8, 4) is 11.8 Å². The number of thioether (sulfide) groups is 1. The van der Waals surface area contributed by atoms with Gasteiger partial charge in [0.25, 0.3) is 5.89 Å². The van der Waals surface area contributed by atoms with E-state index in [1.54, 1.807) is 0 Å². The maximum absolute atomic E-state index is 9.10. The summed E-state index contributed by atoms with van der Waals surface area (Å²) in [6.45, 7) is 2.10. The predicted molar refractivity (Wildman–Crippen MR) is 86.2 cm³/mol. The molecule has 0 fully saturated rings. The number of rotatable bonds is 6. The Morgan fingerprint density at radius 3 is 2.83 bits per heavy atom. The van der Waals surface area contributed by atoms with E-state index in [0.29, 0.717) is 28.1 Å². The molecule has 2 heterocycles. The highest BCUT2D eigenvalue weighted by Gasteiger charge is 2.13. The summed E-state index contributed by atoms with van der Waals surface area (Å²) in [5.41, 5.74) is 0.618. The van der Waals surface area contributed by atoms with Crippen LogP contribution in [-0.4, -0.2) is 14.6 Å². The number of hydrogen-bond donors (Lipinski definition) is 0. The summed E-state index contributed by atoms with van der Waals surface area (Å²) in [5.74, 6) is 2.12. The second-order valence-corrected chi connectivity index (χ2v) is 6.45. The van der Waals surface area contributed by atoms with E-state index < -0.39 is 0 Å². The van der Waals surface area contributed by atoms with Gasteiger partial charge in [-0.1, -0.05) is 30.0 Å². The molecule has 3 rings (SSSR count). The molecule has 0 radical (unpaired) electrons. The molecule has 1 aromatic carbocycles. The third-order valence-corrected chi connectivity index (χ3v) is 4.72. The van der Waals surface area contributed by atoms with Crippen molar-refractivity contribution in [1.29, 1.82) is 5.26 Å². The van der Waals surface area contributed by atoms with Gasteiger partial charge < -0.3 is 9.15 Å². The van der Waals surface area contributed by atoms with Crippen LogP contribution in [0.1, 0.15) is 22.2 Å². The lowest BCUT2D eigenvalue weighted by atomic mass is 10.3. The first kappa shape index (κ1) is 15.5. The average molecular weight is 344 g/mol. The molecule has 0 aliphatic carbocycles. The molecule has 0 amide bonds. The summed E-state index contributed by atoms with van der Waals surface area (Å²) in [4.78, 5) is 0.914. The van der Waals surface area contributed by atoms with Crippen molar-refractivity contribution in [2.45, 2.75) is 24.3 Å². The normalized spacial score (nSPS) is 10.4. The maximum Gasteiger partial charge on any atom is 0.253 e. The van der Waals surface area contributed by atoms with E-state index in [2.05, 4.69) is 20.6 Å². The minimum atomic E-state index is 0.223. The zero-order chi connectivity index (χ0) is 16.1. The molecule has 0 aliphatic rings. The number of aryl methyl sites for hydroxylation is 1. The molecular weight excluding hydrogens is 332 g/mol. The molecule has 116 valence electrons. The number of hydrogen-bond acceptors (Lipinski definition) is 8. The Hall–Kier alpha value is -2.37. The highest BCUT2D eigenvalue weighted by atomic mass is 32.2. The lowest BCUT2D eigenvalue weighted by Gasteiger charge is -2.01. The molecule has 0 bridgehead atoms. The largest absolute Gasteiger partial charge is 0.484 e. The average Bonchev–Trinajstić information content (AvgIpc) is 3.18. The van der Waals surface area contributed by atoms with E-state index in [1.807, 2.05) is 37.3 Å². The number of aromatic nitrogens is 3. The molecule has 0 unspecified atom stereocenters. The molecule has 6 nitrogen and oxygen atoms in total. The van der Waals surface area contributed by atoms with Gasteiger partial charge in [0.05, 0.1) is 11.3 Å². The van der Waals surface area contributed by atoms with Gasteiger partial charge in [0.2, 0.25) is 5.89 Å². The highest BCUT2D eigenvalue weighted by Crippen LogP contribution is 2.28. The van der Waals surface area contributed by atoms with Crippen LogP contribution >= 0.6 is 23.3 Å². The minimum Gasteiger partial charge on any atom is -0.484 e. The molecule has 0 N–H and O–H groups in total. The van der Waals surface area contributed by atoms with E-state index in [-0.39, 0.29) is 6.61 Å². The number of nitriles is 1. The van der Waals surface area contributed by atoms with Crippen LogP contribution in [0.25, 0.3) is 0 Å². The first-order valence-corrected chi connectivity index (χ1v) is 8.50. The maximum atomic E-state index is 9.10. The summed E-state index contributed by atoms with van der Waals surface area (Å²) < 4.78 is 15.3. The topological polar surface area (TPSA) is 84.8 Å². The summed E-state index contributed by atoms with van der Waals surface area (Å²) in [7, 11) is 0. The van der Waals surface area contributed by atoms with Gasteiger partial charge in [-0.2, -0.15) is 9.64 Å². The van der Waals surface area contributed by atoms with E-state index in [1.165, 1.54) is 23.3 Å². The summed E-state index contributed by atoms with van der Waals surface area (Å²) in [5, 5.41) is 17.7. The second-order valence-electron chi connectivity index (χ2n) is 4.51. The van der Waals surface area contributed by atoms with Gasteiger partial charge in [-0.25, -0.2) is 0 Å². The standard InChI is InChI=1S/C15H12N4O2S2/c1-10-12(7-16)15(19-23-10)22-9-14-18-17-13(21-14)8-20-11-5-3-2-4-6-11/h2-6H,8-9H2,1H3. The van der Waals surface area contributed by atoms with Crippen molar-refractivity contribution in [2.75, 3.05) is 0 Å². The van der Waals surface area contributed by atoms with E-state index in [9.17, 15) is 0 Å². The Morgan fingerprint density at radius 1 is 1.26 bits per heavy atom. The van der Waals surface area contributed by atoms with Gasteiger partial charge in [0.15, 0.2) is 6.61 Å². The minimum absolute atomic E-state index is 0.223. The fourth-order valence-electron chi connectivity index (χ4n) is 1.77. The Labute approximate surface area is 141 Å². The fraction of sp³-hybridized carbons (Fsp3) is 0.200. The second kappa shape index (κ2) is 7.26. The van der Waals surface area contributed by atoms with Gasteiger partial charge in [-0.3, -0.25) is 0 Å². The molecule has 0 aliphatic heterocycles. The van der Waals surface area contributed by atoms with Crippen LogP contribution in [-0.2, 0) is 12.4 Å². The monoisotopic (exact) mass is 344 g/mol. The van der Waals surface area contributed by atoms with Gasteiger partial charge >= 0.3 is 0 Å². The number of benzene rings is 1. The lowest BCUT2D eigenvalue weighted by Crippen LogP contribution is -1.95. The molecule has 8 heteroatoms. The van der Waals surface area contributed by atoms with Gasteiger partial charge in [-0.15, -0.1) is 10.2 Å². The van der Waals surface area contributed by atoms with E-state index in [0.717, 1.165) is 10.6 Å². The Morgan fingerprint density at radius 2 is 2.04 bits per heavy atom. The SMILES string of the molecule is Cc1snc(SCc2nnc(COc3ccccc3)o2)c1C#N. The van der Waals surface area contributed by atoms with Crippen LogP contribution < -0.4 is 4.74 Å². The Bertz CT molecular complexity index is 824. The fourth-order valence-corrected chi connectivity index (χ4v) is 3.43. The molecule has 0 spiro atoms. The van der Waals surface area contributed by atoms with Crippen LogP contribution in [0.3, 0.4) is 0 Å². The van der Waals surface area contributed by atoms with E-state index in [4.69, 9.17) is 14.4 Å². The molecule has 0 atom stereocenters. The molecule has 23 heavy (non-hydrogen) atoms. The van der Waals surface area contributed by atoms with Gasteiger partial charge in [0, 0.05) is 4.88 Å². The molecular formula is C15H12N4O2S2. The van der Waals surface area contributed by atoms with Gasteiger partial charge in [0.1, 0.15) is 16.8 Å². The molecule has 0 saturated carbocycles. The van der Waals surface area contributed by atoms with Crippen molar-refractivity contribution >= 4 is 23.3 Å². The summed E-state index contributed by atoms with van der Waals surface area (Å²) >= 11 is 2.73. The zero-order valence-corrected chi connectivity index (χ0v) is 13.9. The van der Waals surface area contributed by atoms with Crippen LogP contribution in [0.5, 0.6) is 5.75 Å². The van der Waals surface area contributed by atoms with Crippen molar-refractivity contribution in [2.24, 2.45) is 0 Å². The quantitative estimate of drug-likeness (QED) is 0.632. The predicted octanol–water partition coefficient (Wildman–Crippen LogP) is 3.58. The van der Waals surface area contributed by atoms with Gasteiger partial charge in [-0.05, 0) is 30.6 Å². The molecule has 3 aromatic rings. The van der Waals surface area contributed by atoms with Crippen LogP contribution in [0.4, 0.5) is 0 Å². The first-order valence-electron chi connectivity index (χ1n) is 6.74. The van der Waals surface area contributed by atoms with Crippen LogP contribution in [0.2, 0.25) is 0 Å². The Kier molecular flexibility index (Phi) is 4.90. The van der Waals surface area contributed by atoms with E-state index >= 15 is 0 Å². The summed E-state index contributed by atoms with van der Waals surface area (Å²) in [6.07, 6.45) is 0. The smallest absolute Gasteiger partial charge is 0.253 e. The van der Waals surface area contributed by atoms with Crippen LogP contribution in [0, 0.1) is 18.3 Å². The van der Waals surface area contributed by atoms with Crippen molar-refractivity contribution < 1.29 is 9.15 Å². The summed E-state index contributed by atoms with van der Waals surface area (Å²) in [6, 6.07) is 11.6. The van der Waals surface area contributed by atoms with Crippen LogP contribution in [0.15, 0.2) is 39.8 Å². The molecule has 2 aromatic heterocycles. The highest BCUT2D eigenvalue weighted by molar-refractivity contribution is 7.98. The third kappa shape index (κ3) is 3.88. The van der Waals surface area contributed by atoms with Crippen molar-refractivity contribution in [3.63, 3.8) is 0 Å². The third-order valence-electron chi connectivity index (χ3n) is 2.89. The van der Waals surface area contributed by atoms with Crippen molar-refractivity contribution in [3.05, 3.63) is 52.6 Å². The number of nitrogens with zero attached hydrogens (tertiary/aromatic N) is 4. The lowest BCUT2D eigenvalue weighted by molar-refractivity contribution is 0.260. The zero-order valence-electron chi connectivity index (χ0n) is 12.2. The van der Waals surface area contributed by atoms with Crippen molar-refractivity contribution in [1.82, 2.24) is 14.6 Å². The number of ether oxygens (including phenoxy) is 1.